The van der Waals surface area contributed by atoms with Gasteiger partial charge < -0.3 is 10.2 Å². The molecule has 31 heavy (non-hydrogen) atoms. The summed E-state index contributed by atoms with van der Waals surface area (Å²) in [6, 6.07) is 12.6. The SMILES string of the molecule is CC(=O)C(=C(C)N)c1cnc2c(c1)CCC(C(C)c1ccccc1)C=C2c1cnco1. The Morgan fingerprint density at radius 3 is 2.61 bits per heavy atom. The molecular weight excluding hydrogens is 386 g/mol. The van der Waals surface area contributed by atoms with Crippen LogP contribution in [0, 0.1) is 5.92 Å². The maximum absolute atomic E-state index is 12.2. The fourth-order valence-electron chi connectivity index (χ4n) is 4.43. The van der Waals surface area contributed by atoms with Gasteiger partial charge in [-0.2, -0.15) is 0 Å². The topological polar surface area (TPSA) is 82.0 Å². The van der Waals surface area contributed by atoms with Crippen molar-refractivity contribution in [3.8, 4) is 0 Å². The molecule has 5 heteroatoms. The van der Waals surface area contributed by atoms with Crippen LogP contribution in [0.2, 0.25) is 0 Å². The number of nitrogens with zero attached hydrogens (tertiary/aromatic N) is 2. The molecule has 0 saturated carbocycles. The fourth-order valence-corrected chi connectivity index (χ4v) is 4.43. The summed E-state index contributed by atoms with van der Waals surface area (Å²) in [5.41, 5.74) is 12.0. The Bertz CT molecular complexity index is 1140. The molecule has 5 nitrogen and oxygen atoms in total. The predicted octanol–water partition coefficient (Wildman–Crippen LogP) is 5.15. The summed E-state index contributed by atoms with van der Waals surface area (Å²) in [6.07, 6.45) is 8.99. The molecule has 0 fully saturated rings. The van der Waals surface area contributed by atoms with E-state index < -0.39 is 0 Å². The number of oxazole rings is 1. The van der Waals surface area contributed by atoms with Crippen LogP contribution in [-0.4, -0.2) is 15.8 Å². The lowest BCUT2D eigenvalue weighted by Gasteiger charge is -2.21. The molecule has 0 amide bonds. The third-order valence-electron chi connectivity index (χ3n) is 6.05. The fraction of sp³-hybridized carbons (Fsp3) is 0.269. The Kier molecular flexibility index (Phi) is 5.85. The van der Waals surface area contributed by atoms with Crippen LogP contribution in [0.15, 0.2) is 71.4 Å². The summed E-state index contributed by atoms with van der Waals surface area (Å²) < 4.78 is 5.67. The second kappa shape index (κ2) is 8.72. The predicted molar refractivity (Wildman–Crippen MR) is 122 cm³/mol. The number of Topliss-reactive ketones (excluding diaryl/α,β-unsaturated/α-hetero) is 1. The number of allylic oxidation sites excluding steroid dienone is 3. The van der Waals surface area contributed by atoms with Gasteiger partial charge in [-0.15, -0.1) is 0 Å². The van der Waals surface area contributed by atoms with Gasteiger partial charge in [0.2, 0.25) is 0 Å². The van der Waals surface area contributed by atoms with Gasteiger partial charge in [-0.1, -0.05) is 43.3 Å². The largest absolute Gasteiger partial charge is 0.443 e. The molecule has 2 heterocycles. The highest BCUT2D eigenvalue weighted by molar-refractivity contribution is 6.20. The van der Waals surface area contributed by atoms with E-state index in [1.165, 1.54) is 18.9 Å². The summed E-state index contributed by atoms with van der Waals surface area (Å²) >= 11 is 0. The van der Waals surface area contributed by atoms with E-state index in [1.54, 1.807) is 19.3 Å². The van der Waals surface area contributed by atoms with Crippen molar-refractivity contribution in [2.75, 3.05) is 0 Å². The zero-order chi connectivity index (χ0) is 22.0. The molecule has 0 bridgehead atoms. The molecule has 1 aliphatic carbocycles. The molecule has 1 aliphatic rings. The van der Waals surface area contributed by atoms with Gasteiger partial charge in [-0.05, 0) is 55.7 Å². The molecule has 158 valence electrons. The van der Waals surface area contributed by atoms with E-state index in [-0.39, 0.29) is 5.78 Å². The lowest BCUT2D eigenvalue weighted by Crippen LogP contribution is -2.08. The minimum absolute atomic E-state index is 0.0584. The van der Waals surface area contributed by atoms with Gasteiger partial charge in [0.1, 0.15) is 0 Å². The number of pyridine rings is 1. The average Bonchev–Trinajstić information content (AvgIpc) is 3.22. The number of nitrogens with two attached hydrogens (primary N) is 1. The third kappa shape index (κ3) is 4.22. The summed E-state index contributed by atoms with van der Waals surface area (Å²) in [5.74, 6) is 1.29. The minimum Gasteiger partial charge on any atom is -0.443 e. The van der Waals surface area contributed by atoms with Gasteiger partial charge in [0, 0.05) is 28.6 Å². The highest BCUT2D eigenvalue weighted by Crippen LogP contribution is 2.38. The normalized spacial score (nSPS) is 17.8. The Morgan fingerprint density at radius 1 is 1.19 bits per heavy atom. The molecule has 0 aliphatic heterocycles. The molecule has 3 aromatic rings. The quantitative estimate of drug-likeness (QED) is 0.585. The molecule has 2 aromatic heterocycles. The summed E-state index contributed by atoms with van der Waals surface area (Å²) in [6.45, 7) is 5.55. The smallest absolute Gasteiger partial charge is 0.181 e. The van der Waals surface area contributed by atoms with Crippen molar-refractivity contribution < 1.29 is 9.21 Å². The molecule has 4 rings (SSSR count). The van der Waals surface area contributed by atoms with E-state index in [0.717, 1.165) is 35.2 Å². The van der Waals surface area contributed by atoms with Crippen molar-refractivity contribution in [2.45, 2.75) is 39.5 Å². The molecule has 0 spiro atoms. The second-order valence-electron chi connectivity index (χ2n) is 8.19. The molecule has 1 aromatic carbocycles. The highest BCUT2D eigenvalue weighted by atomic mass is 16.3. The first-order valence-electron chi connectivity index (χ1n) is 10.6. The Hall–Kier alpha value is -3.47. The first-order valence-corrected chi connectivity index (χ1v) is 10.6. The molecule has 2 atom stereocenters. The number of fused-ring (bicyclic) bond motifs is 1. The van der Waals surface area contributed by atoms with E-state index in [4.69, 9.17) is 15.1 Å². The highest BCUT2D eigenvalue weighted by Gasteiger charge is 2.26. The van der Waals surface area contributed by atoms with Gasteiger partial charge in [-0.3, -0.25) is 9.78 Å². The van der Waals surface area contributed by atoms with Crippen molar-refractivity contribution in [1.29, 1.82) is 0 Å². The van der Waals surface area contributed by atoms with Crippen LogP contribution in [0.1, 0.15) is 61.3 Å². The maximum atomic E-state index is 12.2. The average molecular weight is 414 g/mol. The summed E-state index contributed by atoms with van der Waals surface area (Å²) in [7, 11) is 0. The monoisotopic (exact) mass is 413 g/mol. The summed E-state index contributed by atoms with van der Waals surface area (Å²) in [5, 5.41) is 0. The van der Waals surface area contributed by atoms with Gasteiger partial charge in [-0.25, -0.2) is 4.98 Å². The van der Waals surface area contributed by atoms with Crippen LogP contribution in [-0.2, 0) is 11.2 Å². The van der Waals surface area contributed by atoms with Crippen LogP contribution >= 0.6 is 0 Å². The molecule has 2 N–H and O–H groups in total. The van der Waals surface area contributed by atoms with Crippen molar-refractivity contribution in [3.05, 3.63) is 95.1 Å². The van der Waals surface area contributed by atoms with Gasteiger partial charge in [0.05, 0.1) is 11.9 Å². The van der Waals surface area contributed by atoms with Gasteiger partial charge in [0.15, 0.2) is 17.9 Å². The first-order chi connectivity index (χ1) is 15.0. The third-order valence-corrected chi connectivity index (χ3v) is 6.05. The molecule has 2 unspecified atom stereocenters. The van der Waals surface area contributed by atoms with Crippen molar-refractivity contribution in [2.24, 2.45) is 11.7 Å². The lowest BCUT2D eigenvalue weighted by atomic mass is 9.84. The molecule has 0 saturated heterocycles. The minimum atomic E-state index is -0.0584. The number of hydrogen-bond donors (Lipinski definition) is 1. The number of ketones is 1. The molecular formula is C26H27N3O2. The van der Waals surface area contributed by atoms with Crippen molar-refractivity contribution in [3.63, 3.8) is 0 Å². The molecule has 0 radical (unpaired) electrons. The van der Waals surface area contributed by atoms with E-state index in [2.05, 4.69) is 48.3 Å². The van der Waals surface area contributed by atoms with Crippen LogP contribution in [0.3, 0.4) is 0 Å². The van der Waals surface area contributed by atoms with Crippen molar-refractivity contribution in [1.82, 2.24) is 9.97 Å². The van der Waals surface area contributed by atoms with E-state index in [0.29, 0.717) is 28.9 Å². The van der Waals surface area contributed by atoms with Crippen LogP contribution in [0.5, 0.6) is 0 Å². The van der Waals surface area contributed by atoms with Crippen LogP contribution in [0.25, 0.3) is 11.1 Å². The Morgan fingerprint density at radius 2 is 1.97 bits per heavy atom. The Balaban J connectivity index is 1.79. The van der Waals surface area contributed by atoms with Gasteiger partial charge >= 0.3 is 0 Å². The number of aromatic nitrogens is 2. The number of carbonyl (C=O) groups is 1. The number of rotatable bonds is 5. The van der Waals surface area contributed by atoms with E-state index in [1.807, 2.05) is 6.07 Å². The van der Waals surface area contributed by atoms with E-state index in [9.17, 15) is 4.79 Å². The standard InChI is InChI=1S/C26H27N3O2/c1-16(19-7-5-4-6-8-19)20-9-10-21-11-22(25(17(2)27)18(3)30)13-29-26(21)23(12-20)24-14-28-15-31-24/h4-8,11-16,20H,9-10,27H2,1-3H3. The van der Waals surface area contributed by atoms with Crippen LogP contribution in [0.4, 0.5) is 0 Å². The van der Waals surface area contributed by atoms with Crippen LogP contribution < -0.4 is 5.73 Å². The zero-order valence-corrected chi connectivity index (χ0v) is 18.1. The summed E-state index contributed by atoms with van der Waals surface area (Å²) in [4.78, 5) is 21.1. The number of hydrogen-bond acceptors (Lipinski definition) is 5. The maximum Gasteiger partial charge on any atom is 0.181 e. The number of aryl methyl sites for hydroxylation is 1. The lowest BCUT2D eigenvalue weighted by molar-refractivity contribution is -0.111. The number of benzene rings is 1. The van der Waals surface area contributed by atoms with Gasteiger partial charge in [0.25, 0.3) is 0 Å². The Labute approximate surface area is 182 Å². The van der Waals surface area contributed by atoms with Crippen molar-refractivity contribution >= 4 is 16.9 Å². The zero-order valence-electron chi connectivity index (χ0n) is 18.1. The number of carbonyl (C=O) groups excluding carboxylic acids is 1. The second-order valence-corrected chi connectivity index (χ2v) is 8.19. The first kappa shape index (κ1) is 20.8. The van der Waals surface area contributed by atoms with E-state index >= 15 is 0 Å².